The zero-order valence-electron chi connectivity index (χ0n) is 10.1. The van der Waals surface area contributed by atoms with Gasteiger partial charge in [-0.15, -0.1) is 11.8 Å². The molecule has 0 N–H and O–H groups in total. The fraction of sp³-hybridized carbons (Fsp3) is 0.364. The van der Waals surface area contributed by atoms with Crippen molar-refractivity contribution in [2.24, 2.45) is 0 Å². The molecular weight excluding hydrogens is 293 g/mol. The maximum absolute atomic E-state index is 13.1. The summed E-state index contributed by atoms with van der Waals surface area (Å²) >= 11 is 1.19. The number of sulfonamides is 1. The second-order valence-corrected chi connectivity index (χ2v) is 6.90. The Kier molecular flexibility index (Phi) is 4.12. The number of carbonyl (C=O) groups is 1. The lowest BCUT2D eigenvalue weighted by Gasteiger charge is -2.21. The molecule has 1 fully saturated rings. The van der Waals surface area contributed by atoms with Crippen molar-refractivity contribution in [3.63, 3.8) is 0 Å². The van der Waals surface area contributed by atoms with Crippen molar-refractivity contribution < 1.29 is 22.3 Å². The number of halogens is 1. The molecule has 8 heteroatoms. The van der Waals surface area contributed by atoms with Crippen LogP contribution in [-0.2, 0) is 19.6 Å². The van der Waals surface area contributed by atoms with Gasteiger partial charge < -0.3 is 4.74 Å². The molecule has 1 saturated heterocycles. The Balaban J connectivity index is 2.36. The Morgan fingerprint density at radius 1 is 1.53 bits per heavy atom. The summed E-state index contributed by atoms with van der Waals surface area (Å²) in [5.74, 6) is -0.765. The largest absolute Gasteiger partial charge is 0.467 e. The van der Waals surface area contributed by atoms with Crippen LogP contribution >= 0.6 is 11.8 Å². The Bertz CT molecular complexity index is 590. The van der Waals surface area contributed by atoms with Crippen molar-refractivity contribution in [2.75, 3.05) is 19.4 Å². The molecule has 0 radical (unpaired) electrons. The standard InChI is InChI=1S/C11H12FNO4S2/c1-17-11(14)10-13(5-6-18-10)19(15,16)9-4-2-3-8(12)7-9/h2-4,7,10H,5-6H2,1H3. The monoisotopic (exact) mass is 305 g/mol. The maximum Gasteiger partial charge on any atom is 0.334 e. The number of hydrogen-bond acceptors (Lipinski definition) is 5. The van der Waals surface area contributed by atoms with Crippen LogP contribution in [0.15, 0.2) is 29.2 Å². The highest BCUT2D eigenvalue weighted by Crippen LogP contribution is 2.30. The van der Waals surface area contributed by atoms with E-state index < -0.39 is 27.2 Å². The number of esters is 1. The first kappa shape index (κ1) is 14.3. The second kappa shape index (κ2) is 5.48. The van der Waals surface area contributed by atoms with Crippen LogP contribution < -0.4 is 0 Å². The van der Waals surface area contributed by atoms with Crippen LogP contribution in [0.4, 0.5) is 4.39 Å². The molecule has 1 unspecified atom stereocenters. The third-order valence-corrected chi connectivity index (χ3v) is 5.83. The van der Waals surface area contributed by atoms with Gasteiger partial charge in [-0.1, -0.05) is 6.07 Å². The number of hydrogen-bond donors (Lipinski definition) is 0. The van der Waals surface area contributed by atoms with Gasteiger partial charge in [0, 0.05) is 12.3 Å². The topological polar surface area (TPSA) is 63.7 Å². The third-order valence-electron chi connectivity index (χ3n) is 2.65. The van der Waals surface area contributed by atoms with E-state index in [1.165, 1.54) is 31.0 Å². The SMILES string of the molecule is COC(=O)C1SCCN1S(=O)(=O)c1cccc(F)c1. The van der Waals surface area contributed by atoms with Crippen LogP contribution in [-0.4, -0.2) is 43.5 Å². The lowest BCUT2D eigenvalue weighted by Crippen LogP contribution is -2.39. The van der Waals surface area contributed by atoms with E-state index in [-0.39, 0.29) is 11.4 Å². The van der Waals surface area contributed by atoms with Gasteiger partial charge in [-0.3, -0.25) is 0 Å². The molecule has 0 aromatic heterocycles. The highest BCUT2D eigenvalue weighted by atomic mass is 32.2. The minimum absolute atomic E-state index is 0.163. The van der Waals surface area contributed by atoms with Gasteiger partial charge in [0.1, 0.15) is 5.82 Å². The molecule has 5 nitrogen and oxygen atoms in total. The van der Waals surface area contributed by atoms with Crippen molar-refractivity contribution >= 4 is 27.8 Å². The number of thioether (sulfide) groups is 1. The minimum Gasteiger partial charge on any atom is -0.467 e. The summed E-state index contributed by atoms with van der Waals surface area (Å²) in [6, 6.07) is 4.72. The van der Waals surface area contributed by atoms with E-state index >= 15 is 0 Å². The molecule has 19 heavy (non-hydrogen) atoms. The van der Waals surface area contributed by atoms with E-state index in [9.17, 15) is 17.6 Å². The second-order valence-electron chi connectivity index (χ2n) is 3.82. The first-order valence-corrected chi connectivity index (χ1v) is 7.92. The van der Waals surface area contributed by atoms with Gasteiger partial charge in [0.05, 0.1) is 12.0 Å². The maximum atomic E-state index is 13.1. The van der Waals surface area contributed by atoms with E-state index in [0.717, 1.165) is 16.4 Å². The molecule has 0 spiro atoms. The van der Waals surface area contributed by atoms with Gasteiger partial charge in [0.15, 0.2) is 5.37 Å². The molecule has 0 bridgehead atoms. The zero-order chi connectivity index (χ0) is 14.0. The van der Waals surface area contributed by atoms with Crippen LogP contribution in [0.1, 0.15) is 0 Å². The number of methoxy groups -OCH3 is 1. The number of benzene rings is 1. The van der Waals surface area contributed by atoms with Crippen LogP contribution in [0.25, 0.3) is 0 Å². The highest BCUT2D eigenvalue weighted by molar-refractivity contribution is 8.02. The first-order chi connectivity index (χ1) is 8.96. The van der Waals surface area contributed by atoms with Gasteiger partial charge in [-0.2, -0.15) is 4.31 Å². The predicted octanol–water partition coefficient (Wildman–Crippen LogP) is 1.06. The van der Waals surface area contributed by atoms with Gasteiger partial charge in [0.2, 0.25) is 10.0 Å². The molecule has 1 aliphatic heterocycles. The molecule has 0 amide bonds. The molecular formula is C11H12FNO4S2. The Morgan fingerprint density at radius 2 is 2.26 bits per heavy atom. The summed E-state index contributed by atoms with van der Waals surface area (Å²) in [6.45, 7) is 0.198. The summed E-state index contributed by atoms with van der Waals surface area (Å²) in [5, 5.41) is -0.904. The van der Waals surface area contributed by atoms with E-state index in [2.05, 4.69) is 4.74 Å². The van der Waals surface area contributed by atoms with Crippen molar-refractivity contribution in [2.45, 2.75) is 10.3 Å². The summed E-state index contributed by atoms with van der Waals surface area (Å²) in [7, 11) is -2.69. The van der Waals surface area contributed by atoms with E-state index in [4.69, 9.17) is 0 Å². The van der Waals surface area contributed by atoms with Crippen molar-refractivity contribution in [1.29, 1.82) is 0 Å². The molecule has 104 valence electrons. The molecule has 1 aromatic rings. The fourth-order valence-electron chi connectivity index (χ4n) is 1.75. The lowest BCUT2D eigenvalue weighted by atomic mass is 10.4. The summed E-state index contributed by atoms with van der Waals surface area (Å²) in [4.78, 5) is 11.4. The van der Waals surface area contributed by atoms with Crippen LogP contribution in [0.3, 0.4) is 0 Å². The Morgan fingerprint density at radius 3 is 2.89 bits per heavy atom. The molecule has 1 aliphatic rings. The minimum atomic E-state index is -3.89. The molecule has 1 aromatic carbocycles. The first-order valence-electron chi connectivity index (χ1n) is 5.43. The smallest absolute Gasteiger partial charge is 0.334 e. The molecule has 0 saturated carbocycles. The van der Waals surface area contributed by atoms with Crippen LogP contribution in [0.2, 0.25) is 0 Å². The summed E-state index contributed by atoms with van der Waals surface area (Å²) < 4.78 is 43.5. The highest BCUT2D eigenvalue weighted by Gasteiger charge is 2.40. The average Bonchev–Trinajstić information content (AvgIpc) is 2.87. The number of nitrogens with zero attached hydrogens (tertiary/aromatic N) is 1. The third kappa shape index (κ3) is 2.75. The van der Waals surface area contributed by atoms with Gasteiger partial charge in [-0.25, -0.2) is 17.6 Å². The Labute approximate surface area is 114 Å². The molecule has 0 aliphatic carbocycles. The number of rotatable bonds is 3. The fourth-order valence-corrected chi connectivity index (χ4v) is 4.87. The van der Waals surface area contributed by atoms with Gasteiger partial charge in [-0.05, 0) is 18.2 Å². The van der Waals surface area contributed by atoms with E-state index in [1.807, 2.05) is 0 Å². The quantitative estimate of drug-likeness (QED) is 0.782. The average molecular weight is 305 g/mol. The summed E-state index contributed by atoms with van der Waals surface area (Å²) in [6.07, 6.45) is 0. The number of ether oxygens (including phenoxy) is 1. The predicted molar refractivity (Wildman–Crippen MR) is 68.6 cm³/mol. The van der Waals surface area contributed by atoms with E-state index in [0.29, 0.717) is 5.75 Å². The summed E-state index contributed by atoms with van der Waals surface area (Å²) in [5.41, 5.74) is 0. The van der Waals surface area contributed by atoms with Crippen LogP contribution in [0.5, 0.6) is 0 Å². The van der Waals surface area contributed by atoms with Crippen LogP contribution in [0, 0.1) is 5.82 Å². The van der Waals surface area contributed by atoms with E-state index in [1.54, 1.807) is 0 Å². The number of carbonyl (C=O) groups excluding carboxylic acids is 1. The Hall–Kier alpha value is -1.12. The van der Waals surface area contributed by atoms with Crippen molar-refractivity contribution in [3.05, 3.63) is 30.1 Å². The normalized spacial score (nSPS) is 20.4. The van der Waals surface area contributed by atoms with Gasteiger partial charge >= 0.3 is 5.97 Å². The van der Waals surface area contributed by atoms with Crippen molar-refractivity contribution in [1.82, 2.24) is 4.31 Å². The molecule has 1 atom stereocenters. The van der Waals surface area contributed by atoms with Crippen molar-refractivity contribution in [3.8, 4) is 0 Å². The lowest BCUT2D eigenvalue weighted by molar-refractivity contribution is -0.141. The zero-order valence-corrected chi connectivity index (χ0v) is 11.7. The van der Waals surface area contributed by atoms with Gasteiger partial charge in [0.25, 0.3) is 0 Å². The molecule has 2 rings (SSSR count). The molecule has 1 heterocycles.